The van der Waals surface area contributed by atoms with E-state index in [1.165, 1.54) is 5.56 Å². The van der Waals surface area contributed by atoms with Crippen LogP contribution in [0.15, 0.2) is 16.7 Å². The van der Waals surface area contributed by atoms with Crippen LogP contribution < -0.4 is 5.32 Å². The van der Waals surface area contributed by atoms with Gasteiger partial charge in [0.05, 0.1) is 18.9 Å². The highest BCUT2D eigenvalue weighted by atomic mass is 16.5. The molecule has 1 aromatic rings. The largest absolute Gasteiger partial charge is 0.467 e. The Labute approximate surface area is 91.8 Å². The van der Waals surface area contributed by atoms with Crippen LogP contribution in [-0.2, 0) is 4.74 Å². The Kier molecular flexibility index (Phi) is 5.43. The number of ether oxygens (including phenoxy) is 1. The Morgan fingerprint density at radius 2 is 2.27 bits per heavy atom. The van der Waals surface area contributed by atoms with E-state index >= 15 is 0 Å². The standard InChI is InChI=1S/C12H21NO2/c1-4-7-14-9-11(13-5-2)12-10(3)6-8-15-12/h6,8,11,13H,4-5,7,9H2,1-3H3. The summed E-state index contributed by atoms with van der Waals surface area (Å²) in [6.07, 6.45) is 2.78. The van der Waals surface area contributed by atoms with Gasteiger partial charge in [0.25, 0.3) is 0 Å². The van der Waals surface area contributed by atoms with E-state index in [2.05, 4.69) is 26.1 Å². The average Bonchev–Trinajstić information content (AvgIpc) is 2.64. The summed E-state index contributed by atoms with van der Waals surface area (Å²) in [7, 11) is 0. The lowest BCUT2D eigenvalue weighted by Crippen LogP contribution is -2.25. The predicted octanol–water partition coefficient (Wildman–Crippen LogP) is 2.67. The van der Waals surface area contributed by atoms with E-state index in [1.54, 1.807) is 6.26 Å². The first-order chi connectivity index (χ1) is 7.29. The van der Waals surface area contributed by atoms with Gasteiger partial charge in [-0.25, -0.2) is 0 Å². The van der Waals surface area contributed by atoms with Gasteiger partial charge in [0.1, 0.15) is 5.76 Å². The Hall–Kier alpha value is -0.800. The molecule has 1 N–H and O–H groups in total. The van der Waals surface area contributed by atoms with E-state index in [0.717, 1.165) is 25.3 Å². The van der Waals surface area contributed by atoms with Gasteiger partial charge in [-0.2, -0.15) is 0 Å². The molecule has 0 bridgehead atoms. The van der Waals surface area contributed by atoms with E-state index in [0.29, 0.717) is 6.61 Å². The van der Waals surface area contributed by atoms with Crippen molar-refractivity contribution in [1.29, 1.82) is 0 Å². The molecule has 1 atom stereocenters. The molecule has 0 spiro atoms. The van der Waals surface area contributed by atoms with Crippen LogP contribution in [0.25, 0.3) is 0 Å². The Morgan fingerprint density at radius 1 is 1.47 bits per heavy atom. The second kappa shape index (κ2) is 6.64. The number of hydrogen-bond acceptors (Lipinski definition) is 3. The summed E-state index contributed by atoms with van der Waals surface area (Å²) in [6, 6.07) is 2.16. The minimum Gasteiger partial charge on any atom is -0.467 e. The first kappa shape index (κ1) is 12.3. The predicted molar refractivity (Wildman–Crippen MR) is 61.0 cm³/mol. The van der Waals surface area contributed by atoms with Gasteiger partial charge in [-0.15, -0.1) is 0 Å². The molecule has 1 aromatic heterocycles. The quantitative estimate of drug-likeness (QED) is 0.704. The molecule has 0 amide bonds. The zero-order valence-corrected chi connectivity index (χ0v) is 9.88. The van der Waals surface area contributed by atoms with Gasteiger partial charge < -0.3 is 14.5 Å². The molecule has 0 fully saturated rings. The molecule has 0 aliphatic heterocycles. The van der Waals surface area contributed by atoms with E-state index in [4.69, 9.17) is 9.15 Å². The highest BCUT2D eigenvalue weighted by molar-refractivity contribution is 5.18. The van der Waals surface area contributed by atoms with Crippen molar-refractivity contribution in [3.05, 3.63) is 23.7 Å². The van der Waals surface area contributed by atoms with Gasteiger partial charge >= 0.3 is 0 Å². The van der Waals surface area contributed by atoms with Crippen LogP contribution in [0.1, 0.15) is 37.6 Å². The number of aryl methyl sites for hydroxylation is 1. The molecule has 1 rings (SSSR count). The molecule has 0 aliphatic carbocycles. The van der Waals surface area contributed by atoms with Crippen LogP contribution in [-0.4, -0.2) is 19.8 Å². The Morgan fingerprint density at radius 3 is 2.80 bits per heavy atom. The van der Waals surface area contributed by atoms with E-state index in [9.17, 15) is 0 Å². The molecular formula is C12H21NO2. The smallest absolute Gasteiger partial charge is 0.125 e. The minimum absolute atomic E-state index is 0.177. The van der Waals surface area contributed by atoms with Gasteiger partial charge in [-0.3, -0.25) is 0 Å². The van der Waals surface area contributed by atoms with Gasteiger partial charge in [0.15, 0.2) is 0 Å². The summed E-state index contributed by atoms with van der Waals surface area (Å²) in [5.74, 6) is 0.993. The summed E-state index contributed by atoms with van der Waals surface area (Å²) in [5, 5.41) is 3.37. The molecule has 3 nitrogen and oxygen atoms in total. The Bertz CT molecular complexity index is 270. The van der Waals surface area contributed by atoms with Crippen molar-refractivity contribution in [2.75, 3.05) is 19.8 Å². The first-order valence-corrected chi connectivity index (χ1v) is 5.64. The molecule has 3 heteroatoms. The molecule has 86 valence electrons. The maximum absolute atomic E-state index is 5.55. The van der Waals surface area contributed by atoms with Crippen molar-refractivity contribution in [1.82, 2.24) is 5.32 Å². The van der Waals surface area contributed by atoms with Crippen LogP contribution >= 0.6 is 0 Å². The van der Waals surface area contributed by atoms with Crippen molar-refractivity contribution >= 4 is 0 Å². The van der Waals surface area contributed by atoms with E-state index in [-0.39, 0.29) is 6.04 Å². The van der Waals surface area contributed by atoms with Crippen molar-refractivity contribution in [3.63, 3.8) is 0 Å². The fourth-order valence-corrected chi connectivity index (χ4v) is 1.56. The number of rotatable bonds is 7. The van der Waals surface area contributed by atoms with Crippen molar-refractivity contribution in [3.8, 4) is 0 Å². The van der Waals surface area contributed by atoms with Crippen LogP contribution in [0.5, 0.6) is 0 Å². The monoisotopic (exact) mass is 211 g/mol. The highest BCUT2D eigenvalue weighted by Gasteiger charge is 2.15. The number of nitrogens with one attached hydrogen (secondary N) is 1. The van der Waals surface area contributed by atoms with Gasteiger partial charge in [-0.05, 0) is 31.5 Å². The molecule has 0 aromatic carbocycles. The van der Waals surface area contributed by atoms with Crippen LogP contribution in [0.3, 0.4) is 0 Å². The summed E-state index contributed by atoms with van der Waals surface area (Å²) < 4.78 is 11.0. The second-order valence-corrected chi connectivity index (χ2v) is 3.65. The zero-order valence-electron chi connectivity index (χ0n) is 9.88. The minimum atomic E-state index is 0.177. The average molecular weight is 211 g/mol. The van der Waals surface area contributed by atoms with Crippen LogP contribution in [0, 0.1) is 6.92 Å². The summed E-state index contributed by atoms with van der Waals surface area (Å²) in [6.45, 7) is 8.66. The third-order valence-corrected chi connectivity index (χ3v) is 2.30. The molecule has 1 unspecified atom stereocenters. The zero-order chi connectivity index (χ0) is 11.1. The van der Waals surface area contributed by atoms with Crippen molar-refractivity contribution < 1.29 is 9.15 Å². The molecule has 0 saturated carbocycles. The van der Waals surface area contributed by atoms with Gasteiger partial charge in [0.2, 0.25) is 0 Å². The third-order valence-electron chi connectivity index (χ3n) is 2.30. The molecule has 0 aliphatic rings. The molecular weight excluding hydrogens is 190 g/mol. The number of likely N-dealkylation sites (N-methyl/N-ethyl adjacent to an activating group) is 1. The summed E-state index contributed by atoms with van der Waals surface area (Å²) in [5.41, 5.74) is 1.18. The maximum Gasteiger partial charge on any atom is 0.125 e. The number of furan rings is 1. The topological polar surface area (TPSA) is 34.4 Å². The fraction of sp³-hybridized carbons (Fsp3) is 0.667. The lowest BCUT2D eigenvalue weighted by Gasteiger charge is -2.16. The third kappa shape index (κ3) is 3.68. The van der Waals surface area contributed by atoms with Crippen molar-refractivity contribution in [2.45, 2.75) is 33.2 Å². The number of hydrogen-bond donors (Lipinski definition) is 1. The maximum atomic E-state index is 5.55. The lowest BCUT2D eigenvalue weighted by molar-refractivity contribution is 0.106. The fourth-order valence-electron chi connectivity index (χ4n) is 1.56. The SMILES string of the molecule is CCCOCC(NCC)c1occc1C. The Balaban J connectivity index is 2.53. The normalized spacial score (nSPS) is 13.0. The highest BCUT2D eigenvalue weighted by Crippen LogP contribution is 2.18. The molecule has 15 heavy (non-hydrogen) atoms. The molecule has 0 radical (unpaired) electrons. The summed E-state index contributed by atoms with van der Waals surface area (Å²) in [4.78, 5) is 0. The van der Waals surface area contributed by atoms with Crippen LogP contribution in [0.2, 0.25) is 0 Å². The molecule has 0 saturated heterocycles. The van der Waals surface area contributed by atoms with E-state index in [1.807, 2.05) is 6.07 Å². The van der Waals surface area contributed by atoms with Crippen molar-refractivity contribution in [2.24, 2.45) is 0 Å². The first-order valence-electron chi connectivity index (χ1n) is 5.64. The van der Waals surface area contributed by atoms with E-state index < -0.39 is 0 Å². The van der Waals surface area contributed by atoms with Gasteiger partial charge in [-0.1, -0.05) is 13.8 Å². The molecule has 1 heterocycles. The van der Waals surface area contributed by atoms with Crippen LogP contribution in [0.4, 0.5) is 0 Å². The summed E-state index contributed by atoms with van der Waals surface area (Å²) >= 11 is 0. The second-order valence-electron chi connectivity index (χ2n) is 3.65. The van der Waals surface area contributed by atoms with Gasteiger partial charge in [0, 0.05) is 6.61 Å². The lowest BCUT2D eigenvalue weighted by atomic mass is 10.1.